The Morgan fingerprint density at radius 3 is 2.42 bits per heavy atom. The first kappa shape index (κ1) is 29.5. The Balaban J connectivity index is 1.20. The maximum atomic E-state index is 13.5. The second kappa shape index (κ2) is 12.1. The number of nitrogens with zero attached hydrogens (tertiary/aromatic N) is 5. The molecule has 0 saturated carbocycles. The number of aryl methyl sites for hydroxylation is 1. The van der Waals surface area contributed by atoms with Gasteiger partial charge in [-0.05, 0) is 67.3 Å². The topological polar surface area (TPSA) is 86.2 Å². The van der Waals surface area contributed by atoms with Gasteiger partial charge in [-0.2, -0.15) is 0 Å². The summed E-state index contributed by atoms with van der Waals surface area (Å²) in [7, 11) is 1.78. The molecule has 40 heavy (non-hydrogen) atoms. The number of carbonyl (C=O) groups excluding carboxylic acids is 1. The van der Waals surface area contributed by atoms with Crippen molar-refractivity contribution in [2.24, 2.45) is 4.99 Å². The van der Waals surface area contributed by atoms with Gasteiger partial charge in [0.2, 0.25) is 0 Å². The van der Waals surface area contributed by atoms with Gasteiger partial charge >= 0.3 is 0 Å². The molecule has 2 unspecified atom stereocenters. The summed E-state index contributed by atoms with van der Waals surface area (Å²) in [5, 5.41) is 0. The molecule has 1 amide bonds. The predicted octanol–water partition coefficient (Wildman–Crippen LogP) is 5.16. The van der Waals surface area contributed by atoms with Crippen LogP contribution < -0.4 is 2.52 Å². The molecule has 1 fully saturated rings. The standard InChI is InChI=1S/C28H32IN5O3P2S/c1-28(38,39)22-9-10-23(31-18-22)19-32-14-16-33(17-15-32)27(35)21-7-11-24(12-8-21)34(29)40(36,37)25-6-2-4-20-5-3-13-30-26(20)25/h2,4,6-13,18H,3,5,14-17,19,38-39H2,1H3. The third kappa shape index (κ3) is 6.41. The summed E-state index contributed by atoms with van der Waals surface area (Å²) in [6, 6.07) is 16.2. The average Bonchev–Trinajstić information content (AvgIpc) is 2.96. The van der Waals surface area contributed by atoms with Crippen molar-refractivity contribution in [3.05, 3.63) is 83.2 Å². The molecule has 1 saturated heterocycles. The van der Waals surface area contributed by atoms with Crippen molar-refractivity contribution in [1.82, 2.24) is 14.8 Å². The van der Waals surface area contributed by atoms with Gasteiger partial charge in [-0.25, -0.2) is 10.9 Å². The van der Waals surface area contributed by atoms with Crippen molar-refractivity contribution >= 4 is 74.9 Å². The van der Waals surface area contributed by atoms with E-state index in [0.717, 1.165) is 49.3 Å². The number of halogens is 1. The van der Waals surface area contributed by atoms with Crippen LogP contribution in [0.1, 0.15) is 40.5 Å². The fraction of sp³-hybridized carbons (Fsp3) is 0.321. The molecule has 8 nitrogen and oxygen atoms in total. The summed E-state index contributed by atoms with van der Waals surface area (Å²) in [5.74, 6) is -0.0526. The molecule has 0 N–H and O–H groups in total. The minimum Gasteiger partial charge on any atom is -0.336 e. The van der Waals surface area contributed by atoms with E-state index < -0.39 is 10.0 Å². The van der Waals surface area contributed by atoms with Gasteiger partial charge in [-0.3, -0.25) is 19.7 Å². The van der Waals surface area contributed by atoms with Crippen molar-refractivity contribution in [3.8, 4) is 0 Å². The van der Waals surface area contributed by atoms with Gasteiger partial charge in [0, 0.05) is 55.6 Å². The lowest BCUT2D eigenvalue weighted by Gasteiger charge is -2.34. The maximum Gasteiger partial charge on any atom is 0.274 e. The molecule has 3 heterocycles. The van der Waals surface area contributed by atoms with Crippen LogP contribution in [0, 0.1) is 0 Å². The number of aliphatic imine (C=N–C) groups is 1. The van der Waals surface area contributed by atoms with Gasteiger partial charge in [0.15, 0.2) is 0 Å². The van der Waals surface area contributed by atoms with E-state index in [1.54, 1.807) is 65.5 Å². The Morgan fingerprint density at radius 1 is 1.05 bits per heavy atom. The predicted molar refractivity (Wildman–Crippen MR) is 175 cm³/mol. The van der Waals surface area contributed by atoms with Crippen molar-refractivity contribution in [2.45, 2.75) is 36.1 Å². The number of pyridine rings is 1. The molecule has 5 rings (SSSR count). The summed E-state index contributed by atoms with van der Waals surface area (Å²) in [6.45, 7) is 5.64. The van der Waals surface area contributed by atoms with Crippen LogP contribution in [-0.4, -0.2) is 61.5 Å². The summed E-state index contributed by atoms with van der Waals surface area (Å²) < 4.78 is 28.1. The molecule has 0 aliphatic carbocycles. The molecule has 2 aliphatic rings. The van der Waals surface area contributed by atoms with Crippen LogP contribution in [0.3, 0.4) is 0 Å². The van der Waals surface area contributed by atoms with Crippen molar-refractivity contribution < 1.29 is 13.2 Å². The highest BCUT2D eigenvalue weighted by molar-refractivity contribution is 14.1. The molecule has 12 heteroatoms. The molecular formula is C28H32IN5O3P2S. The van der Waals surface area contributed by atoms with E-state index in [4.69, 9.17) is 0 Å². The van der Waals surface area contributed by atoms with Gasteiger partial charge < -0.3 is 4.90 Å². The van der Waals surface area contributed by atoms with Crippen LogP contribution >= 0.6 is 41.3 Å². The Kier molecular flexibility index (Phi) is 8.93. The van der Waals surface area contributed by atoms with E-state index in [0.29, 0.717) is 30.0 Å². The first-order valence-electron chi connectivity index (χ1n) is 13.0. The van der Waals surface area contributed by atoms with Crippen LogP contribution in [-0.2, 0) is 27.9 Å². The molecule has 0 spiro atoms. The molecule has 0 radical (unpaired) electrons. The number of hydrogen-bond donors (Lipinski definition) is 0. The van der Waals surface area contributed by atoms with Gasteiger partial charge in [0.05, 0.1) is 39.9 Å². The molecular weight excluding hydrogens is 675 g/mol. The number of fused-ring (bicyclic) bond motifs is 1. The third-order valence-corrected chi connectivity index (χ3v) is 11.4. The Morgan fingerprint density at radius 2 is 1.77 bits per heavy atom. The highest BCUT2D eigenvalue weighted by atomic mass is 127. The van der Waals surface area contributed by atoms with Crippen molar-refractivity contribution in [3.63, 3.8) is 0 Å². The summed E-state index contributed by atoms with van der Waals surface area (Å²) >= 11 is 1.80. The molecule has 2 aliphatic heterocycles. The number of rotatable bonds is 7. The van der Waals surface area contributed by atoms with E-state index in [1.165, 1.54) is 2.52 Å². The fourth-order valence-electron chi connectivity index (χ4n) is 4.80. The summed E-state index contributed by atoms with van der Waals surface area (Å²) in [4.78, 5) is 26.4. The number of amides is 1. The van der Waals surface area contributed by atoms with Crippen LogP contribution in [0.4, 0.5) is 11.4 Å². The largest absolute Gasteiger partial charge is 0.336 e. The van der Waals surface area contributed by atoms with Crippen molar-refractivity contribution in [1.29, 1.82) is 0 Å². The number of aromatic nitrogens is 1. The zero-order valence-electron chi connectivity index (χ0n) is 22.2. The number of carbonyl (C=O) groups is 1. The van der Waals surface area contributed by atoms with Crippen molar-refractivity contribution in [2.75, 3.05) is 28.7 Å². The summed E-state index contributed by atoms with van der Waals surface area (Å²) in [6.07, 6.45) is 5.26. The lowest BCUT2D eigenvalue weighted by Crippen LogP contribution is -2.48. The Labute approximate surface area is 254 Å². The Bertz CT molecular complexity index is 1520. The molecule has 1 aromatic heterocycles. The van der Waals surface area contributed by atoms with Gasteiger partial charge in [0.25, 0.3) is 15.9 Å². The molecule has 2 atom stereocenters. The minimum absolute atomic E-state index is 0.0526. The zero-order valence-corrected chi connectivity index (χ0v) is 27.5. The van der Waals surface area contributed by atoms with Crippen LogP contribution in [0.2, 0.25) is 0 Å². The second-order valence-electron chi connectivity index (χ2n) is 10.3. The van der Waals surface area contributed by atoms with Gasteiger partial charge in [-0.15, -0.1) is 18.5 Å². The first-order valence-corrected chi connectivity index (χ1v) is 16.6. The number of hydrogen-bond acceptors (Lipinski definition) is 6. The summed E-state index contributed by atoms with van der Waals surface area (Å²) in [5.41, 5.74) is 4.61. The van der Waals surface area contributed by atoms with E-state index >= 15 is 0 Å². The van der Waals surface area contributed by atoms with Crippen LogP contribution in [0.5, 0.6) is 0 Å². The highest BCUT2D eigenvalue weighted by Gasteiger charge is 2.28. The van der Waals surface area contributed by atoms with E-state index in [1.807, 2.05) is 17.2 Å². The molecule has 210 valence electrons. The normalized spacial score (nSPS) is 16.1. The maximum absolute atomic E-state index is 13.5. The fourth-order valence-corrected chi connectivity index (χ4v) is 7.35. The first-order chi connectivity index (χ1) is 19.0. The van der Waals surface area contributed by atoms with Crippen LogP contribution in [0.15, 0.2) is 70.7 Å². The second-order valence-corrected chi connectivity index (χ2v) is 16.7. The molecule has 3 aromatic rings. The number of benzene rings is 2. The van der Waals surface area contributed by atoms with E-state index in [9.17, 15) is 13.2 Å². The van der Waals surface area contributed by atoms with Gasteiger partial charge in [-0.1, -0.05) is 18.2 Å². The number of anilines is 1. The SMILES string of the molecule is CC(P)(P)c1ccc(CN2CCN(C(=O)c3ccc(N(I)S(=O)(=O)c4cccc5c4N=CCC5)cc3)CC2)nc1. The molecule has 2 aromatic carbocycles. The van der Waals surface area contributed by atoms with Crippen LogP contribution in [0.25, 0.3) is 0 Å². The quantitative estimate of drug-likeness (QED) is 0.193. The lowest BCUT2D eigenvalue weighted by molar-refractivity contribution is 0.0627. The molecule has 0 bridgehead atoms. The highest BCUT2D eigenvalue weighted by Crippen LogP contribution is 2.38. The number of sulfonamides is 1. The number of piperazine rings is 1. The lowest BCUT2D eigenvalue weighted by atomic mass is 10.1. The van der Waals surface area contributed by atoms with E-state index in [2.05, 4.69) is 52.4 Å². The number of para-hydroxylation sites is 1. The monoisotopic (exact) mass is 707 g/mol. The van der Waals surface area contributed by atoms with Gasteiger partial charge in [0.1, 0.15) is 4.90 Å². The zero-order chi connectivity index (χ0) is 28.5. The Hall–Kier alpha value is -1.97. The average molecular weight is 708 g/mol. The third-order valence-electron chi connectivity index (χ3n) is 7.14. The minimum atomic E-state index is -3.83. The smallest absolute Gasteiger partial charge is 0.274 e. The van der Waals surface area contributed by atoms with E-state index in [-0.39, 0.29) is 15.7 Å².